The molecule has 0 aliphatic rings. The van der Waals surface area contributed by atoms with E-state index < -0.39 is 0 Å². The van der Waals surface area contributed by atoms with Crippen LogP contribution in [0.25, 0.3) is 0 Å². The van der Waals surface area contributed by atoms with Gasteiger partial charge in [0.1, 0.15) is 5.01 Å². The molecule has 2 aromatic rings. The molecule has 1 heterocycles. The summed E-state index contributed by atoms with van der Waals surface area (Å²) in [5, 5.41) is 6.91. The Labute approximate surface area is 123 Å². The maximum atomic E-state index is 12.2. The third kappa shape index (κ3) is 3.36. The SMILES string of the molecule is CCc1cnc(CNC(=O)c2ccc(C)cc2NC)s1. The van der Waals surface area contributed by atoms with Crippen LogP contribution in [-0.4, -0.2) is 17.9 Å². The van der Waals surface area contributed by atoms with E-state index >= 15 is 0 Å². The molecule has 0 aliphatic heterocycles. The first-order valence-electron chi connectivity index (χ1n) is 6.64. The lowest BCUT2D eigenvalue weighted by molar-refractivity contribution is 0.0951. The van der Waals surface area contributed by atoms with Gasteiger partial charge in [0, 0.05) is 23.8 Å². The fourth-order valence-corrected chi connectivity index (χ4v) is 2.71. The van der Waals surface area contributed by atoms with Crippen LogP contribution in [-0.2, 0) is 13.0 Å². The zero-order valence-corrected chi connectivity index (χ0v) is 12.8. The first kappa shape index (κ1) is 14.5. The smallest absolute Gasteiger partial charge is 0.253 e. The van der Waals surface area contributed by atoms with Crippen molar-refractivity contribution >= 4 is 22.9 Å². The minimum Gasteiger partial charge on any atom is -0.387 e. The number of carbonyl (C=O) groups excluding carboxylic acids is 1. The number of amides is 1. The number of hydrogen-bond donors (Lipinski definition) is 2. The van der Waals surface area contributed by atoms with E-state index in [4.69, 9.17) is 0 Å². The van der Waals surface area contributed by atoms with Crippen molar-refractivity contribution in [1.82, 2.24) is 10.3 Å². The number of nitrogens with one attached hydrogen (secondary N) is 2. The summed E-state index contributed by atoms with van der Waals surface area (Å²) < 4.78 is 0. The van der Waals surface area contributed by atoms with Crippen LogP contribution < -0.4 is 10.6 Å². The van der Waals surface area contributed by atoms with E-state index in [1.54, 1.807) is 11.3 Å². The number of rotatable bonds is 5. The summed E-state index contributed by atoms with van der Waals surface area (Å²) in [6.07, 6.45) is 2.85. The molecule has 0 radical (unpaired) electrons. The lowest BCUT2D eigenvalue weighted by Gasteiger charge is -2.10. The number of thiazole rings is 1. The van der Waals surface area contributed by atoms with Gasteiger partial charge < -0.3 is 10.6 Å². The number of benzene rings is 1. The van der Waals surface area contributed by atoms with Crippen molar-refractivity contribution in [2.75, 3.05) is 12.4 Å². The number of hydrogen-bond acceptors (Lipinski definition) is 4. The van der Waals surface area contributed by atoms with Crippen LogP contribution >= 0.6 is 11.3 Å². The van der Waals surface area contributed by atoms with Crippen LogP contribution in [0.4, 0.5) is 5.69 Å². The third-order valence-electron chi connectivity index (χ3n) is 3.04. The molecule has 0 fully saturated rings. The van der Waals surface area contributed by atoms with E-state index in [0.717, 1.165) is 22.7 Å². The van der Waals surface area contributed by atoms with Crippen molar-refractivity contribution in [3.63, 3.8) is 0 Å². The summed E-state index contributed by atoms with van der Waals surface area (Å²) in [6.45, 7) is 4.58. The average Bonchev–Trinajstić information content (AvgIpc) is 2.92. The molecular formula is C15H19N3OS. The molecule has 2 rings (SSSR count). The van der Waals surface area contributed by atoms with Gasteiger partial charge in [0.2, 0.25) is 0 Å². The van der Waals surface area contributed by atoms with Gasteiger partial charge in [-0.25, -0.2) is 4.98 Å². The number of aryl methyl sites for hydroxylation is 2. The molecule has 0 bridgehead atoms. The summed E-state index contributed by atoms with van der Waals surface area (Å²) in [5.74, 6) is -0.0809. The highest BCUT2D eigenvalue weighted by Crippen LogP contribution is 2.18. The van der Waals surface area contributed by atoms with E-state index in [2.05, 4.69) is 22.5 Å². The number of nitrogens with zero attached hydrogens (tertiary/aromatic N) is 1. The molecule has 0 aliphatic carbocycles. The molecule has 0 spiro atoms. The van der Waals surface area contributed by atoms with Gasteiger partial charge in [-0.05, 0) is 31.0 Å². The van der Waals surface area contributed by atoms with E-state index in [1.165, 1.54) is 4.88 Å². The maximum Gasteiger partial charge on any atom is 0.253 e. The fourth-order valence-electron chi connectivity index (χ4n) is 1.91. The highest BCUT2D eigenvalue weighted by molar-refractivity contribution is 7.11. The normalized spacial score (nSPS) is 10.3. The molecule has 0 saturated carbocycles. The Morgan fingerprint density at radius 2 is 2.20 bits per heavy atom. The summed E-state index contributed by atoms with van der Waals surface area (Å²) in [4.78, 5) is 17.7. The van der Waals surface area contributed by atoms with E-state index in [9.17, 15) is 4.79 Å². The van der Waals surface area contributed by atoms with Crippen molar-refractivity contribution in [2.45, 2.75) is 26.8 Å². The topological polar surface area (TPSA) is 54.0 Å². The van der Waals surface area contributed by atoms with Gasteiger partial charge in [-0.1, -0.05) is 13.0 Å². The summed E-state index contributed by atoms with van der Waals surface area (Å²) in [6, 6.07) is 5.75. The number of anilines is 1. The standard InChI is InChI=1S/C15H19N3OS/c1-4-11-8-17-14(20-11)9-18-15(19)12-6-5-10(2)7-13(12)16-3/h5-8,16H,4,9H2,1-3H3,(H,18,19). The third-order valence-corrected chi connectivity index (χ3v) is 4.18. The molecule has 5 heteroatoms. The predicted molar refractivity (Wildman–Crippen MR) is 83.4 cm³/mol. The summed E-state index contributed by atoms with van der Waals surface area (Å²) in [7, 11) is 1.82. The molecule has 2 N–H and O–H groups in total. The monoisotopic (exact) mass is 289 g/mol. The molecule has 1 amide bonds. The van der Waals surface area contributed by atoms with Gasteiger partial charge in [0.25, 0.3) is 5.91 Å². The molecule has 0 atom stereocenters. The van der Waals surface area contributed by atoms with Crippen LogP contribution in [0.15, 0.2) is 24.4 Å². The van der Waals surface area contributed by atoms with Gasteiger partial charge in [-0.2, -0.15) is 0 Å². The highest BCUT2D eigenvalue weighted by atomic mass is 32.1. The van der Waals surface area contributed by atoms with Crippen molar-refractivity contribution in [2.24, 2.45) is 0 Å². The Morgan fingerprint density at radius 1 is 1.40 bits per heavy atom. The molecule has 1 aromatic heterocycles. The summed E-state index contributed by atoms with van der Waals surface area (Å²) >= 11 is 1.64. The highest BCUT2D eigenvalue weighted by Gasteiger charge is 2.11. The van der Waals surface area contributed by atoms with Crippen molar-refractivity contribution in [3.8, 4) is 0 Å². The molecule has 4 nitrogen and oxygen atoms in total. The minimum atomic E-state index is -0.0809. The largest absolute Gasteiger partial charge is 0.387 e. The molecule has 106 valence electrons. The Morgan fingerprint density at radius 3 is 2.85 bits per heavy atom. The Bertz CT molecular complexity index is 607. The Hall–Kier alpha value is -1.88. The minimum absolute atomic E-state index is 0.0809. The van der Waals surface area contributed by atoms with Gasteiger partial charge in [0.05, 0.1) is 12.1 Å². The van der Waals surface area contributed by atoms with Gasteiger partial charge in [0.15, 0.2) is 0 Å². The predicted octanol–water partition coefficient (Wildman–Crippen LogP) is 2.99. The van der Waals surface area contributed by atoms with Crippen LogP contribution in [0.3, 0.4) is 0 Å². The maximum absolute atomic E-state index is 12.2. The van der Waals surface area contributed by atoms with Crippen molar-refractivity contribution < 1.29 is 4.79 Å². The second-order valence-electron chi connectivity index (χ2n) is 4.56. The van der Waals surface area contributed by atoms with E-state index in [-0.39, 0.29) is 5.91 Å². The Balaban J connectivity index is 2.04. The lowest BCUT2D eigenvalue weighted by atomic mass is 10.1. The first-order valence-corrected chi connectivity index (χ1v) is 7.46. The van der Waals surface area contributed by atoms with Gasteiger partial charge in [-0.15, -0.1) is 11.3 Å². The second-order valence-corrected chi connectivity index (χ2v) is 5.76. The number of aromatic nitrogens is 1. The first-order chi connectivity index (χ1) is 9.63. The average molecular weight is 289 g/mol. The van der Waals surface area contributed by atoms with Crippen LogP contribution in [0.2, 0.25) is 0 Å². The molecule has 0 saturated heterocycles. The number of carbonyl (C=O) groups is 1. The van der Waals surface area contributed by atoms with Crippen LogP contribution in [0.5, 0.6) is 0 Å². The second kappa shape index (κ2) is 6.52. The molecule has 0 unspecified atom stereocenters. The lowest BCUT2D eigenvalue weighted by Crippen LogP contribution is -2.23. The summed E-state index contributed by atoms with van der Waals surface area (Å²) in [5.41, 5.74) is 2.62. The van der Waals surface area contributed by atoms with Crippen LogP contribution in [0, 0.1) is 6.92 Å². The van der Waals surface area contributed by atoms with E-state index in [0.29, 0.717) is 12.1 Å². The molecule has 20 heavy (non-hydrogen) atoms. The zero-order chi connectivity index (χ0) is 14.5. The zero-order valence-electron chi connectivity index (χ0n) is 12.0. The molecule has 1 aromatic carbocycles. The van der Waals surface area contributed by atoms with Gasteiger partial charge >= 0.3 is 0 Å². The van der Waals surface area contributed by atoms with Crippen LogP contribution in [0.1, 0.15) is 32.7 Å². The molecular weight excluding hydrogens is 270 g/mol. The quantitative estimate of drug-likeness (QED) is 0.889. The fraction of sp³-hybridized carbons (Fsp3) is 0.333. The van der Waals surface area contributed by atoms with Crippen molar-refractivity contribution in [3.05, 3.63) is 45.4 Å². The van der Waals surface area contributed by atoms with Crippen molar-refractivity contribution in [1.29, 1.82) is 0 Å². The van der Waals surface area contributed by atoms with Gasteiger partial charge in [-0.3, -0.25) is 4.79 Å². The Kier molecular flexibility index (Phi) is 4.74. The van der Waals surface area contributed by atoms with E-state index in [1.807, 2.05) is 38.4 Å².